The summed E-state index contributed by atoms with van der Waals surface area (Å²) >= 11 is 12.2. The van der Waals surface area contributed by atoms with E-state index in [1.165, 1.54) is 18.2 Å². The van der Waals surface area contributed by atoms with E-state index in [1.807, 2.05) is 6.92 Å². The van der Waals surface area contributed by atoms with E-state index in [2.05, 4.69) is 0 Å². The first-order valence-corrected chi connectivity index (χ1v) is 7.35. The van der Waals surface area contributed by atoms with E-state index in [9.17, 15) is 9.90 Å². The Morgan fingerprint density at radius 1 is 1.18 bits per heavy atom. The van der Waals surface area contributed by atoms with Gasteiger partial charge in [0.25, 0.3) is 0 Å². The molecule has 0 aliphatic rings. The minimum absolute atomic E-state index is 0.168. The van der Waals surface area contributed by atoms with Crippen LogP contribution in [0.2, 0.25) is 10.0 Å². The second kappa shape index (κ2) is 6.90. The number of phenolic OH excluding ortho intramolecular Hbond substituents is 1. The normalized spacial score (nSPS) is 10.5. The lowest BCUT2D eigenvalue weighted by Gasteiger charge is -2.12. The highest BCUT2D eigenvalue weighted by atomic mass is 35.5. The highest BCUT2D eigenvalue weighted by molar-refractivity contribution is 6.37. The minimum Gasteiger partial charge on any atom is -0.508 e. The molecule has 0 aromatic heterocycles. The zero-order valence-corrected chi connectivity index (χ0v) is 13.3. The highest BCUT2D eigenvalue weighted by Crippen LogP contribution is 2.38. The van der Waals surface area contributed by atoms with Crippen molar-refractivity contribution in [2.24, 2.45) is 0 Å². The Labute approximate surface area is 137 Å². The number of hydrogen-bond acceptors (Lipinski definition) is 3. The van der Waals surface area contributed by atoms with Gasteiger partial charge in [-0.15, -0.1) is 0 Å². The maximum atomic E-state index is 10.7. The average molecular weight is 341 g/mol. The summed E-state index contributed by atoms with van der Waals surface area (Å²) in [7, 11) is 0. The summed E-state index contributed by atoms with van der Waals surface area (Å²) in [5, 5.41) is 18.9. The Kier molecular flexibility index (Phi) is 5.16. The third-order valence-electron chi connectivity index (χ3n) is 3.07. The van der Waals surface area contributed by atoms with Crippen molar-refractivity contribution in [2.75, 3.05) is 0 Å². The van der Waals surface area contributed by atoms with Gasteiger partial charge in [-0.3, -0.25) is 4.79 Å². The molecule has 4 nitrogen and oxygen atoms in total. The quantitative estimate of drug-likeness (QED) is 0.829. The van der Waals surface area contributed by atoms with Crippen molar-refractivity contribution in [2.45, 2.75) is 19.8 Å². The first-order valence-electron chi connectivity index (χ1n) is 6.60. The monoisotopic (exact) mass is 340 g/mol. The molecule has 0 saturated heterocycles. The SMILES string of the molecule is CCc1cc(Oc2c(Cl)cc(CC(=O)O)cc2Cl)ccc1O. The minimum atomic E-state index is -0.966. The second-order valence-corrected chi connectivity index (χ2v) is 5.52. The zero-order valence-electron chi connectivity index (χ0n) is 11.8. The van der Waals surface area contributed by atoms with Gasteiger partial charge in [0, 0.05) is 0 Å². The zero-order chi connectivity index (χ0) is 16.3. The molecule has 6 heteroatoms. The van der Waals surface area contributed by atoms with E-state index < -0.39 is 5.97 Å². The van der Waals surface area contributed by atoms with E-state index >= 15 is 0 Å². The fraction of sp³-hybridized carbons (Fsp3) is 0.188. The molecular formula is C16H14Cl2O4. The lowest BCUT2D eigenvalue weighted by Crippen LogP contribution is -2.00. The summed E-state index contributed by atoms with van der Waals surface area (Å²) in [6.07, 6.45) is 0.487. The number of carbonyl (C=O) groups is 1. The Balaban J connectivity index is 2.31. The molecule has 0 aliphatic carbocycles. The maximum Gasteiger partial charge on any atom is 0.307 e. The Morgan fingerprint density at radius 3 is 2.36 bits per heavy atom. The summed E-state index contributed by atoms with van der Waals surface area (Å²) < 4.78 is 5.67. The predicted octanol–water partition coefficient (Wildman–Crippen LogP) is 4.68. The second-order valence-electron chi connectivity index (χ2n) is 4.71. The molecule has 0 atom stereocenters. The van der Waals surface area contributed by atoms with Crippen molar-refractivity contribution in [3.63, 3.8) is 0 Å². The number of carboxylic acids is 1. The van der Waals surface area contributed by atoms with Crippen LogP contribution in [0, 0.1) is 0 Å². The van der Waals surface area contributed by atoms with Crippen molar-refractivity contribution in [1.29, 1.82) is 0 Å². The molecule has 22 heavy (non-hydrogen) atoms. The van der Waals surface area contributed by atoms with Gasteiger partial charge < -0.3 is 14.9 Å². The van der Waals surface area contributed by atoms with Crippen LogP contribution >= 0.6 is 23.2 Å². The lowest BCUT2D eigenvalue weighted by molar-refractivity contribution is -0.136. The number of hydrogen-bond donors (Lipinski definition) is 2. The number of aryl methyl sites for hydroxylation is 1. The van der Waals surface area contributed by atoms with Crippen LogP contribution in [0.15, 0.2) is 30.3 Å². The Hall–Kier alpha value is -1.91. The fourth-order valence-electron chi connectivity index (χ4n) is 2.01. The molecule has 0 aliphatic heterocycles. The number of carboxylic acid groups (broad SMARTS) is 1. The first-order chi connectivity index (χ1) is 10.4. The van der Waals surface area contributed by atoms with Crippen LogP contribution in [0.25, 0.3) is 0 Å². The van der Waals surface area contributed by atoms with E-state index in [-0.39, 0.29) is 28.0 Å². The van der Waals surface area contributed by atoms with Crippen LogP contribution in [0.1, 0.15) is 18.1 Å². The summed E-state index contributed by atoms with van der Waals surface area (Å²) in [4.78, 5) is 10.7. The van der Waals surface area contributed by atoms with E-state index in [0.29, 0.717) is 17.7 Å². The van der Waals surface area contributed by atoms with Crippen molar-refractivity contribution in [3.8, 4) is 17.2 Å². The van der Waals surface area contributed by atoms with Crippen molar-refractivity contribution in [1.82, 2.24) is 0 Å². The molecule has 2 aromatic carbocycles. The first kappa shape index (κ1) is 16.5. The maximum absolute atomic E-state index is 10.7. The van der Waals surface area contributed by atoms with Crippen molar-refractivity contribution >= 4 is 29.2 Å². The van der Waals surface area contributed by atoms with Gasteiger partial charge in [-0.2, -0.15) is 0 Å². The summed E-state index contributed by atoms with van der Waals surface area (Å²) in [5.74, 6) is -0.0228. The molecule has 0 saturated carbocycles. The summed E-state index contributed by atoms with van der Waals surface area (Å²) in [6, 6.07) is 7.87. The molecule has 2 aromatic rings. The number of aliphatic carboxylic acids is 1. The van der Waals surface area contributed by atoms with Gasteiger partial charge in [0.15, 0.2) is 5.75 Å². The van der Waals surface area contributed by atoms with Crippen LogP contribution in [-0.4, -0.2) is 16.2 Å². The average Bonchev–Trinajstić information content (AvgIpc) is 2.43. The van der Waals surface area contributed by atoms with E-state index in [4.69, 9.17) is 33.0 Å². The molecule has 2 N–H and O–H groups in total. The molecule has 116 valence electrons. The molecule has 0 fully saturated rings. The number of phenols is 1. The molecule has 0 bridgehead atoms. The lowest BCUT2D eigenvalue weighted by atomic mass is 10.1. The topological polar surface area (TPSA) is 66.8 Å². The Bertz CT molecular complexity index is 690. The van der Waals surface area contributed by atoms with Gasteiger partial charge in [-0.25, -0.2) is 0 Å². The highest BCUT2D eigenvalue weighted by Gasteiger charge is 2.13. The van der Waals surface area contributed by atoms with Gasteiger partial charge in [0.1, 0.15) is 11.5 Å². The third kappa shape index (κ3) is 3.84. The molecule has 0 radical (unpaired) electrons. The molecule has 2 rings (SSSR count). The largest absolute Gasteiger partial charge is 0.508 e. The number of aromatic hydroxyl groups is 1. The smallest absolute Gasteiger partial charge is 0.307 e. The number of rotatable bonds is 5. The molecule has 0 amide bonds. The van der Waals surface area contributed by atoms with Crippen LogP contribution in [-0.2, 0) is 17.6 Å². The van der Waals surface area contributed by atoms with Crippen LogP contribution in [0.4, 0.5) is 0 Å². The van der Waals surface area contributed by atoms with Gasteiger partial charge >= 0.3 is 5.97 Å². The van der Waals surface area contributed by atoms with Crippen molar-refractivity contribution in [3.05, 3.63) is 51.5 Å². The number of halogens is 2. The summed E-state index contributed by atoms with van der Waals surface area (Å²) in [6.45, 7) is 1.92. The van der Waals surface area contributed by atoms with E-state index in [0.717, 1.165) is 5.56 Å². The molecule has 0 heterocycles. The van der Waals surface area contributed by atoms with Crippen molar-refractivity contribution < 1.29 is 19.7 Å². The van der Waals surface area contributed by atoms with Gasteiger partial charge in [-0.1, -0.05) is 30.1 Å². The van der Waals surface area contributed by atoms with Crippen LogP contribution in [0.3, 0.4) is 0 Å². The molecular weight excluding hydrogens is 327 g/mol. The fourth-order valence-corrected chi connectivity index (χ4v) is 2.62. The Morgan fingerprint density at radius 2 is 1.82 bits per heavy atom. The van der Waals surface area contributed by atoms with Crippen LogP contribution in [0.5, 0.6) is 17.2 Å². The van der Waals surface area contributed by atoms with Gasteiger partial charge in [0.05, 0.1) is 16.5 Å². The van der Waals surface area contributed by atoms with Crippen LogP contribution < -0.4 is 4.74 Å². The van der Waals surface area contributed by atoms with E-state index in [1.54, 1.807) is 12.1 Å². The molecule has 0 spiro atoms. The third-order valence-corrected chi connectivity index (χ3v) is 3.63. The summed E-state index contributed by atoms with van der Waals surface area (Å²) in [5.41, 5.74) is 1.24. The number of benzene rings is 2. The predicted molar refractivity (Wildman–Crippen MR) is 85.4 cm³/mol. The van der Waals surface area contributed by atoms with Gasteiger partial charge in [0.2, 0.25) is 0 Å². The standard InChI is InChI=1S/C16H14Cl2O4/c1-2-10-8-11(3-4-14(10)19)22-16-12(17)5-9(6-13(16)18)7-15(20)21/h3-6,8,19H,2,7H2,1H3,(H,20,21). The number of ether oxygens (including phenoxy) is 1. The van der Waals surface area contributed by atoms with Gasteiger partial charge in [-0.05, 0) is 47.9 Å². The molecule has 0 unspecified atom stereocenters.